The molecule has 3 atom stereocenters. The summed E-state index contributed by atoms with van der Waals surface area (Å²) in [6.45, 7) is 3.15. The van der Waals surface area contributed by atoms with E-state index in [0.29, 0.717) is 12.0 Å². The van der Waals surface area contributed by atoms with Crippen molar-refractivity contribution in [2.45, 2.75) is 56.6 Å². The van der Waals surface area contributed by atoms with Crippen LogP contribution in [0.25, 0.3) is 0 Å². The van der Waals surface area contributed by atoms with Crippen LogP contribution in [0.3, 0.4) is 0 Å². The van der Waals surface area contributed by atoms with E-state index in [0.717, 1.165) is 39.0 Å². The van der Waals surface area contributed by atoms with E-state index in [2.05, 4.69) is 11.9 Å². The fourth-order valence-electron chi connectivity index (χ4n) is 3.58. The Kier molecular flexibility index (Phi) is 5.63. The van der Waals surface area contributed by atoms with Crippen LogP contribution < -0.4 is 5.73 Å². The Morgan fingerprint density at radius 1 is 1.32 bits per heavy atom. The number of rotatable bonds is 6. The van der Waals surface area contributed by atoms with Crippen molar-refractivity contribution in [2.24, 2.45) is 11.7 Å². The van der Waals surface area contributed by atoms with Crippen LogP contribution in [0, 0.1) is 5.92 Å². The van der Waals surface area contributed by atoms with E-state index in [1.807, 2.05) is 0 Å². The summed E-state index contributed by atoms with van der Waals surface area (Å²) in [7, 11) is 2.17. The van der Waals surface area contributed by atoms with Crippen molar-refractivity contribution in [3.8, 4) is 0 Å². The van der Waals surface area contributed by atoms with Gasteiger partial charge in [0.2, 0.25) is 0 Å². The van der Waals surface area contributed by atoms with Gasteiger partial charge in [-0.1, -0.05) is 6.42 Å². The molecule has 4 heteroatoms. The Balaban J connectivity index is 1.69. The molecule has 0 aromatic rings. The predicted molar refractivity (Wildman–Crippen MR) is 77.1 cm³/mol. The van der Waals surface area contributed by atoms with Gasteiger partial charge >= 0.3 is 0 Å². The molecule has 4 nitrogen and oxygen atoms in total. The first kappa shape index (κ1) is 15.2. The molecule has 2 rings (SSSR count). The summed E-state index contributed by atoms with van der Waals surface area (Å²) in [4.78, 5) is 2.37. The first-order chi connectivity index (χ1) is 9.14. The SMILES string of the molecule is CN(CCC1CCCC1(N)CO)CC1CCCCO1. The quantitative estimate of drug-likeness (QED) is 0.765. The maximum atomic E-state index is 9.46. The van der Waals surface area contributed by atoms with Gasteiger partial charge in [-0.3, -0.25) is 0 Å². The molecule has 3 unspecified atom stereocenters. The van der Waals surface area contributed by atoms with Gasteiger partial charge in [-0.15, -0.1) is 0 Å². The van der Waals surface area contributed by atoms with Crippen molar-refractivity contribution in [2.75, 3.05) is 33.4 Å². The highest BCUT2D eigenvalue weighted by Gasteiger charge is 2.38. The third-order valence-electron chi connectivity index (χ3n) is 4.95. The molecule has 1 aliphatic heterocycles. The number of ether oxygens (including phenoxy) is 1. The van der Waals surface area contributed by atoms with Gasteiger partial charge < -0.3 is 20.5 Å². The molecular formula is C15H30N2O2. The van der Waals surface area contributed by atoms with Crippen molar-refractivity contribution in [3.63, 3.8) is 0 Å². The van der Waals surface area contributed by atoms with Gasteiger partial charge in [-0.25, -0.2) is 0 Å². The fourth-order valence-corrected chi connectivity index (χ4v) is 3.58. The minimum Gasteiger partial charge on any atom is -0.394 e. The average Bonchev–Trinajstić information content (AvgIpc) is 2.80. The summed E-state index contributed by atoms with van der Waals surface area (Å²) in [5.41, 5.74) is 5.96. The van der Waals surface area contributed by atoms with E-state index >= 15 is 0 Å². The molecule has 0 aromatic heterocycles. The van der Waals surface area contributed by atoms with Crippen molar-refractivity contribution in [3.05, 3.63) is 0 Å². The average molecular weight is 270 g/mol. The maximum absolute atomic E-state index is 9.46. The second-order valence-corrected chi connectivity index (χ2v) is 6.52. The smallest absolute Gasteiger partial charge is 0.0701 e. The van der Waals surface area contributed by atoms with Gasteiger partial charge in [-0.2, -0.15) is 0 Å². The van der Waals surface area contributed by atoms with Gasteiger partial charge in [-0.05, 0) is 58.0 Å². The van der Waals surface area contributed by atoms with E-state index in [-0.39, 0.29) is 12.1 Å². The van der Waals surface area contributed by atoms with Gasteiger partial charge in [0.15, 0.2) is 0 Å². The molecule has 112 valence electrons. The lowest BCUT2D eigenvalue weighted by atomic mass is 9.86. The summed E-state index contributed by atoms with van der Waals surface area (Å²) in [5.74, 6) is 0.479. The van der Waals surface area contributed by atoms with E-state index in [4.69, 9.17) is 10.5 Å². The lowest BCUT2D eigenvalue weighted by Gasteiger charge is -2.32. The zero-order chi connectivity index (χ0) is 13.7. The van der Waals surface area contributed by atoms with Crippen LogP contribution in [-0.2, 0) is 4.74 Å². The fraction of sp³-hybridized carbons (Fsp3) is 1.00. The van der Waals surface area contributed by atoms with Crippen LogP contribution in [0.15, 0.2) is 0 Å². The van der Waals surface area contributed by atoms with Crippen molar-refractivity contribution >= 4 is 0 Å². The first-order valence-corrected chi connectivity index (χ1v) is 7.84. The maximum Gasteiger partial charge on any atom is 0.0701 e. The minimum absolute atomic E-state index is 0.132. The number of likely N-dealkylation sites (N-methyl/N-ethyl adjacent to an activating group) is 1. The number of nitrogens with two attached hydrogens (primary N) is 1. The molecule has 2 aliphatic rings. The summed E-state index contributed by atoms with van der Waals surface area (Å²) in [6.07, 6.45) is 8.55. The number of aliphatic hydroxyl groups excluding tert-OH is 1. The molecule has 19 heavy (non-hydrogen) atoms. The normalized spacial score (nSPS) is 36.0. The summed E-state index contributed by atoms with van der Waals surface area (Å²) in [5, 5.41) is 9.46. The van der Waals surface area contributed by atoms with Crippen molar-refractivity contribution < 1.29 is 9.84 Å². The Bertz CT molecular complexity index is 269. The van der Waals surface area contributed by atoms with Crippen LogP contribution >= 0.6 is 0 Å². The molecule has 0 aromatic carbocycles. The van der Waals surface area contributed by atoms with Crippen LogP contribution in [0.5, 0.6) is 0 Å². The Morgan fingerprint density at radius 2 is 2.16 bits per heavy atom. The zero-order valence-electron chi connectivity index (χ0n) is 12.3. The van der Waals surface area contributed by atoms with Gasteiger partial charge in [0, 0.05) is 18.7 Å². The number of aliphatic hydroxyl groups is 1. The van der Waals surface area contributed by atoms with E-state index in [1.54, 1.807) is 0 Å². The highest BCUT2D eigenvalue weighted by Crippen LogP contribution is 2.35. The monoisotopic (exact) mass is 270 g/mol. The third kappa shape index (κ3) is 4.15. The van der Waals surface area contributed by atoms with E-state index in [1.165, 1.54) is 25.7 Å². The summed E-state index contributed by atoms with van der Waals surface area (Å²) in [6, 6.07) is 0. The molecule has 1 heterocycles. The van der Waals surface area contributed by atoms with Crippen molar-refractivity contribution in [1.82, 2.24) is 4.90 Å². The number of hydrogen-bond acceptors (Lipinski definition) is 4. The van der Waals surface area contributed by atoms with Crippen LogP contribution in [0.1, 0.15) is 44.9 Å². The largest absolute Gasteiger partial charge is 0.394 e. The topological polar surface area (TPSA) is 58.7 Å². The molecule has 0 bridgehead atoms. The number of nitrogens with zero attached hydrogens (tertiary/aromatic N) is 1. The van der Waals surface area contributed by atoms with Crippen LogP contribution in [-0.4, -0.2) is 55.0 Å². The number of hydrogen-bond donors (Lipinski definition) is 2. The van der Waals surface area contributed by atoms with E-state index in [9.17, 15) is 5.11 Å². The highest BCUT2D eigenvalue weighted by atomic mass is 16.5. The standard InChI is InChI=1S/C15H30N2O2/c1-17(11-14-6-2-3-10-19-14)9-7-13-5-4-8-15(13,16)12-18/h13-14,18H,2-12,16H2,1H3. The molecule has 1 aliphatic carbocycles. The highest BCUT2D eigenvalue weighted by molar-refractivity contribution is 4.96. The molecule has 1 saturated carbocycles. The lowest BCUT2D eigenvalue weighted by molar-refractivity contribution is -0.00261. The zero-order valence-corrected chi connectivity index (χ0v) is 12.3. The van der Waals surface area contributed by atoms with E-state index < -0.39 is 0 Å². The molecule has 1 saturated heterocycles. The third-order valence-corrected chi connectivity index (χ3v) is 4.95. The minimum atomic E-state index is -0.317. The molecule has 3 N–H and O–H groups in total. The Labute approximate surface area is 117 Å². The van der Waals surface area contributed by atoms with Crippen LogP contribution in [0.4, 0.5) is 0 Å². The lowest BCUT2D eigenvalue weighted by Crippen LogP contribution is -2.48. The van der Waals surface area contributed by atoms with Gasteiger partial charge in [0.05, 0.1) is 12.7 Å². The van der Waals surface area contributed by atoms with Gasteiger partial charge in [0.25, 0.3) is 0 Å². The molecular weight excluding hydrogens is 240 g/mol. The Morgan fingerprint density at radius 3 is 2.84 bits per heavy atom. The second-order valence-electron chi connectivity index (χ2n) is 6.52. The second kappa shape index (κ2) is 7.02. The molecule has 0 spiro atoms. The molecule has 0 amide bonds. The predicted octanol–water partition coefficient (Wildman–Crippen LogP) is 1.37. The summed E-state index contributed by atoms with van der Waals surface area (Å²) < 4.78 is 5.78. The molecule has 0 radical (unpaired) electrons. The van der Waals surface area contributed by atoms with Crippen molar-refractivity contribution in [1.29, 1.82) is 0 Å². The molecule has 2 fully saturated rings. The van der Waals surface area contributed by atoms with Crippen LogP contribution in [0.2, 0.25) is 0 Å². The first-order valence-electron chi connectivity index (χ1n) is 7.84. The Hall–Kier alpha value is -0.160. The van der Waals surface area contributed by atoms with Gasteiger partial charge in [0.1, 0.15) is 0 Å². The summed E-state index contributed by atoms with van der Waals surface area (Å²) >= 11 is 0.